The number of aryl methyl sites for hydroxylation is 4. The second-order valence-corrected chi connectivity index (χ2v) is 12.6. The Morgan fingerprint density at radius 1 is 0.889 bits per heavy atom. The molecule has 0 amide bonds. The topological polar surface area (TPSA) is 30.7 Å². The van der Waals surface area contributed by atoms with Gasteiger partial charge in [0.05, 0.1) is 16.9 Å². The largest absolute Gasteiger partial charge is 0.333 e. The van der Waals surface area contributed by atoms with Gasteiger partial charge in [0.15, 0.2) is 0 Å². The van der Waals surface area contributed by atoms with Crippen molar-refractivity contribution in [1.82, 2.24) is 14.5 Å². The second-order valence-electron chi connectivity index (χ2n) is 11.7. The van der Waals surface area contributed by atoms with Gasteiger partial charge in [0.2, 0.25) is 0 Å². The number of aromatic nitrogens is 3. The molecular formula is C40H37IrN3S-2. The number of benzene rings is 4. The molecule has 7 aromatic rings. The van der Waals surface area contributed by atoms with E-state index in [4.69, 9.17) is 9.10 Å². The maximum Gasteiger partial charge on any atom is 0.0774 e. The number of imidazole rings is 1. The van der Waals surface area contributed by atoms with Crippen LogP contribution in [0, 0.1) is 45.0 Å². The summed E-state index contributed by atoms with van der Waals surface area (Å²) >= 11 is 1.70. The van der Waals surface area contributed by atoms with Crippen molar-refractivity contribution >= 4 is 32.5 Å². The summed E-state index contributed by atoms with van der Waals surface area (Å²) in [5, 5.41) is 4.82. The second kappa shape index (κ2) is 14.0. The molecule has 0 aliphatic carbocycles. The fourth-order valence-corrected chi connectivity index (χ4v) is 6.74. The fourth-order valence-electron chi connectivity index (χ4n) is 5.83. The van der Waals surface area contributed by atoms with E-state index in [1.165, 1.54) is 44.2 Å². The van der Waals surface area contributed by atoms with Gasteiger partial charge in [-0.05, 0) is 74.5 Å². The Kier molecular flexibility index (Phi) is 8.91. The molecule has 3 nitrogen and oxygen atoms in total. The van der Waals surface area contributed by atoms with Gasteiger partial charge in [-0.2, -0.15) is 0 Å². The zero-order valence-electron chi connectivity index (χ0n) is 29.1. The Bertz CT molecular complexity index is 2140. The molecule has 5 heteroatoms. The third-order valence-electron chi connectivity index (χ3n) is 7.61. The molecule has 0 aliphatic heterocycles. The summed E-state index contributed by atoms with van der Waals surface area (Å²) in [6.07, 6.45) is 2.49. The Morgan fingerprint density at radius 3 is 2.36 bits per heavy atom. The van der Waals surface area contributed by atoms with Crippen molar-refractivity contribution in [2.75, 3.05) is 0 Å². The number of thiophene rings is 1. The number of para-hydroxylation sites is 2. The van der Waals surface area contributed by atoms with Gasteiger partial charge >= 0.3 is 0 Å². The first kappa shape index (κ1) is 28.6. The fraction of sp³-hybridized carbons (Fsp3) is 0.200. The van der Waals surface area contributed by atoms with E-state index in [-0.39, 0.29) is 25.7 Å². The van der Waals surface area contributed by atoms with Crippen LogP contribution in [0.3, 0.4) is 0 Å². The van der Waals surface area contributed by atoms with Crippen molar-refractivity contribution in [2.45, 2.75) is 47.9 Å². The molecule has 3 heterocycles. The van der Waals surface area contributed by atoms with Crippen molar-refractivity contribution < 1.29 is 24.2 Å². The minimum Gasteiger partial charge on any atom is -0.333 e. The van der Waals surface area contributed by atoms with Gasteiger partial charge in [0.25, 0.3) is 0 Å². The van der Waals surface area contributed by atoms with Crippen molar-refractivity contribution in [2.24, 2.45) is 5.92 Å². The average molecular weight is 787 g/mol. The molecule has 0 unspecified atom stereocenters. The summed E-state index contributed by atoms with van der Waals surface area (Å²) in [6, 6.07) is 33.6. The molecule has 3 aromatic heterocycles. The van der Waals surface area contributed by atoms with Gasteiger partial charge in [0, 0.05) is 36.1 Å². The van der Waals surface area contributed by atoms with E-state index in [2.05, 4.69) is 110 Å². The summed E-state index contributed by atoms with van der Waals surface area (Å²) in [7, 11) is 0. The number of nitrogens with zero attached hydrogens (tertiary/aromatic N) is 3. The molecule has 7 rings (SSSR count). The zero-order chi connectivity index (χ0) is 33.3. The van der Waals surface area contributed by atoms with Crippen LogP contribution in [0.4, 0.5) is 0 Å². The minimum atomic E-state index is -2.09. The van der Waals surface area contributed by atoms with Crippen LogP contribution < -0.4 is 0 Å². The van der Waals surface area contributed by atoms with E-state index in [0.717, 1.165) is 40.1 Å². The van der Waals surface area contributed by atoms with E-state index in [0.29, 0.717) is 5.92 Å². The Hall–Kier alpha value is -3.89. The molecular weight excluding hydrogens is 747 g/mol. The van der Waals surface area contributed by atoms with E-state index >= 15 is 0 Å². The third-order valence-corrected chi connectivity index (χ3v) is 8.48. The Morgan fingerprint density at radius 2 is 1.67 bits per heavy atom. The van der Waals surface area contributed by atoms with E-state index in [1.807, 2.05) is 18.2 Å². The normalized spacial score (nSPS) is 12.3. The number of hydrogen-bond donors (Lipinski definition) is 0. The molecule has 0 saturated carbocycles. The Labute approximate surface area is 288 Å². The van der Waals surface area contributed by atoms with Crippen molar-refractivity contribution in [3.63, 3.8) is 0 Å². The molecule has 45 heavy (non-hydrogen) atoms. The van der Waals surface area contributed by atoms with Crippen LogP contribution in [0.2, 0.25) is 0 Å². The standard InChI is InChI=1S/C28H27N2S.C12H10N.Ir/c1-17(2)12-21-10-11-22-23(16-31-26(22)15-21)28-29-24-8-6-7-9-25(24)30(28)27-19(4)13-18(3)14-20(27)5;1-10-7-8-12(13-9-10)11-5-3-2-4-6-11;/h6-11,13-15,17H,12H2,1-5H3;2-5,7-9H,1H3;/q2*-1;/i;1D3;. The van der Waals surface area contributed by atoms with Gasteiger partial charge in [-0.25, -0.2) is 0 Å². The minimum absolute atomic E-state index is 0. The zero-order valence-corrected chi connectivity index (χ0v) is 29.3. The maximum atomic E-state index is 7.23. The quantitative estimate of drug-likeness (QED) is 0.163. The monoisotopic (exact) mass is 787 g/mol. The summed E-state index contributed by atoms with van der Waals surface area (Å²) in [4.78, 5) is 9.22. The van der Waals surface area contributed by atoms with Crippen LogP contribution in [-0.4, -0.2) is 14.5 Å². The Balaban J connectivity index is 0.000000224. The van der Waals surface area contributed by atoms with Crippen LogP contribution in [-0.2, 0) is 26.5 Å². The van der Waals surface area contributed by atoms with Crippen LogP contribution in [0.25, 0.3) is 49.5 Å². The first-order valence-electron chi connectivity index (χ1n) is 16.4. The number of hydrogen-bond acceptors (Lipinski definition) is 3. The molecule has 229 valence electrons. The van der Waals surface area contributed by atoms with Gasteiger partial charge < -0.3 is 9.55 Å². The molecule has 1 radical (unpaired) electrons. The molecule has 0 N–H and O–H groups in total. The third kappa shape index (κ3) is 7.02. The summed E-state index contributed by atoms with van der Waals surface area (Å²) in [6.45, 7) is 9.00. The average Bonchev–Trinajstić information content (AvgIpc) is 3.62. The SMILES string of the molecule is Cc1cc(C)c(-n2c(-c3[c-]sc4cc(CC(C)C)ccc34)nc3ccccc32)c(C)c1.[2H]C([2H])([2H])c1ccc(-c2[c-]cccc2)nc1.[Ir]. The molecule has 0 aliphatic rings. The predicted octanol–water partition coefficient (Wildman–Crippen LogP) is 10.7. The van der Waals surface area contributed by atoms with Crippen LogP contribution in [0.5, 0.6) is 0 Å². The van der Waals surface area contributed by atoms with Gasteiger partial charge in [-0.3, -0.25) is 16.3 Å². The first-order valence-corrected chi connectivity index (χ1v) is 15.7. The molecule has 0 atom stereocenters. The summed E-state index contributed by atoms with van der Waals surface area (Å²) in [5.41, 5.74) is 11.5. The van der Waals surface area contributed by atoms with E-state index < -0.39 is 6.85 Å². The first-order chi connectivity index (χ1) is 22.5. The molecule has 0 bridgehead atoms. The van der Waals surface area contributed by atoms with Gasteiger partial charge in [0.1, 0.15) is 0 Å². The van der Waals surface area contributed by atoms with E-state index in [9.17, 15) is 0 Å². The molecule has 0 fully saturated rings. The summed E-state index contributed by atoms with van der Waals surface area (Å²) in [5.74, 6) is 1.62. The van der Waals surface area contributed by atoms with Gasteiger partial charge in [-0.15, -0.1) is 47.3 Å². The smallest absolute Gasteiger partial charge is 0.0774 e. The summed E-state index contributed by atoms with van der Waals surface area (Å²) < 4.78 is 25.3. The molecule has 0 saturated heterocycles. The van der Waals surface area contributed by atoms with Crippen molar-refractivity contribution in [1.29, 1.82) is 0 Å². The van der Waals surface area contributed by atoms with Crippen molar-refractivity contribution in [3.8, 4) is 28.3 Å². The van der Waals surface area contributed by atoms with Crippen LogP contribution >= 0.6 is 11.3 Å². The number of rotatable bonds is 5. The van der Waals surface area contributed by atoms with Gasteiger partial charge in [-0.1, -0.05) is 89.1 Å². The van der Waals surface area contributed by atoms with Crippen LogP contribution in [0.15, 0.2) is 97.2 Å². The predicted molar refractivity (Wildman–Crippen MR) is 187 cm³/mol. The van der Waals surface area contributed by atoms with E-state index in [1.54, 1.807) is 29.5 Å². The maximum absolute atomic E-state index is 7.23. The van der Waals surface area contributed by atoms with Crippen LogP contribution in [0.1, 0.15) is 45.8 Å². The van der Waals surface area contributed by atoms with Crippen molar-refractivity contribution in [3.05, 3.63) is 136 Å². The molecule has 0 spiro atoms. The molecule has 4 aromatic carbocycles. The number of fused-ring (bicyclic) bond motifs is 2. The number of pyridine rings is 1.